The van der Waals surface area contributed by atoms with E-state index in [2.05, 4.69) is 32.6 Å². The normalized spacial score (nSPS) is 11.8. The number of nitro groups is 1. The predicted octanol–water partition coefficient (Wildman–Crippen LogP) is 4.68. The van der Waals surface area contributed by atoms with E-state index in [0.717, 1.165) is 13.1 Å². The Morgan fingerprint density at radius 1 is 1.23 bits per heavy atom. The zero-order valence-corrected chi connectivity index (χ0v) is 16.6. The van der Waals surface area contributed by atoms with Crippen LogP contribution in [0.2, 0.25) is 0 Å². The van der Waals surface area contributed by atoms with Gasteiger partial charge in [0.2, 0.25) is 0 Å². The van der Waals surface area contributed by atoms with Gasteiger partial charge < -0.3 is 9.64 Å². The second-order valence-corrected chi connectivity index (χ2v) is 7.25. The highest BCUT2D eigenvalue weighted by Gasteiger charge is 2.21. The molecule has 1 rings (SSSR count). The maximum absolute atomic E-state index is 11.8. The summed E-state index contributed by atoms with van der Waals surface area (Å²) in [5.74, 6) is 0.360. The number of ether oxygens (including phenoxy) is 1. The fraction of sp³-hybridized carbons (Fsp3) is 0.550. The summed E-state index contributed by atoms with van der Waals surface area (Å²) in [6, 6.07) is 5.09. The van der Waals surface area contributed by atoms with Gasteiger partial charge in [-0.25, -0.2) is 4.79 Å². The van der Waals surface area contributed by atoms with Crippen LogP contribution in [-0.2, 0) is 9.53 Å². The molecule has 26 heavy (non-hydrogen) atoms. The molecule has 0 saturated carbocycles. The minimum atomic E-state index is -0.416. The highest BCUT2D eigenvalue weighted by Crippen LogP contribution is 2.31. The molecular formula is C20H30N2O4. The molecule has 0 aliphatic heterocycles. The Labute approximate surface area is 156 Å². The highest BCUT2D eigenvalue weighted by atomic mass is 16.6. The number of anilines is 1. The number of carbonyl (C=O) groups is 1. The van der Waals surface area contributed by atoms with Crippen molar-refractivity contribution in [1.29, 1.82) is 0 Å². The van der Waals surface area contributed by atoms with Gasteiger partial charge in [-0.15, -0.1) is 0 Å². The van der Waals surface area contributed by atoms with Gasteiger partial charge in [-0.2, -0.15) is 0 Å². The molecule has 144 valence electrons. The van der Waals surface area contributed by atoms with Gasteiger partial charge in [0.1, 0.15) is 5.69 Å². The van der Waals surface area contributed by atoms with E-state index in [9.17, 15) is 14.9 Å². The maximum Gasteiger partial charge on any atom is 0.333 e. The maximum atomic E-state index is 11.8. The van der Waals surface area contributed by atoms with Crippen LogP contribution in [-0.4, -0.2) is 30.6 Å². The largest absolute Gasteiger partial charge is 0.463 e. The highest BCUT2D eigenvalue weighted by molar-refractivity contribution is 5.93. The average Bonchev–Trinajstić information content (AvgIpc) is 2.53. The van der Waals surface area contributed by atoms with Gasteiger partial charge >= 0.3 is 5.97 Å². The van der Waals surface area contributed by atoms with Crippen molar-refractivity contribution in [2.24, 2.45) is 11.8 Å². The van der Waals surface area contributed by atoms with E-state index in [1.165, 1.54) is 6.07 Å². The number of carbonyl (C=O) groups excluding carboxylic acids is 1. The van der Waals surface area contributed by atoms with Gasteiger partial charge in [-0.1, -0.05) is 33.8 Å². The van der Waals surface area contributed by atoms with Crippen LogP contribution in [0.25, 0.3) is 6.08 Å². The Hall–Kier alpha value is -2.37. The van der Waals surface area contributed by atoms with Gasteiger partial charge in [-0.05, 0) is 43.4 Å². The molecule has 0 N–H and O–H groups in total. The van der Waals surface area contributed by atoms with Crippen LogP contribution in [0.15, 0.2) is 23.8 Å². The van der Waals surface area contributed by atoms with Crippen LogP contribution >= 0.6 is 0 Å². The van der Waals surface area contributed by atoms with Crippen LogP contribution in [0.1, 0.15) is 47.1 Å². The summed E-state index contributed by atoms with van der Waals surface area (Å²) in [6.45, 7) is 13.6. The third-order valence-corrected chi connectivity index (χ3v) is 3.69. The van der Waals surface area contributed by atoms with E-state index >= 15 is 0 Å². The number of hydrogen-bond acceptors (Lipinski definition) is 5. The Bertz CT molecular complexity index is 656. The molecule has 1 aromatic rings. The van der Waals surface area contributed by atoms with Crippen molar-refractivity contribution >= 4 is 23.4 Å². The van der Waals surface area contributed by atoms with Crippen LogP contribution in [0.4, 0.5) is 11.4 Å². The van der Waals surface area contributed by atoms with Gasteiger partial charge in [0.25, 0.3) is 5.69 Å². The molecule has 0 aliphatic carbocycles. The molecule has 0 atom stereocenters. The minimum absolute atomic E-state index is 0.0525. The number of esters is 1. The molecule has 0 spiro atoms. The van der Waals surface area contributed by atoms with E-state index < -0.39 is 5.97 Å². The summed E-state index contributed by atoms with van der Waals surface area (Å²) >= 11 is 0. The summed E-state index contributed by atoms with van der Waals surface area (Å²) in [5, 5.41) is 11.6. The molecule has 0 radical (unpaired) electrons. The molecule has 0 aliphatic rings. The zero-order chi connectivity index (χ0) is 19.9. The van der Waals surface area contributed by atoms with Gasteiger partial charge in [0.15, 0.2) is 0 Å². The van der Waals surface area contributed by atoms with Crippen molar-refractivity contribution in [3.05, 3.63) is 39.4 Å². The van der Waals surface area contributed by atoms with Crippen LogP contribution in [0, 0.1) is 22.0 Å². The Morgan fingerprint density at radius 2 is 1.81 bits per heavy atom. The van der Waals surface area contributed by atoms with E-state index in [-0.39, 0.29) is 10.6 Å². The minimum Gasteiger partial charge on any atom is -0.463 e. The van der Waals surface area contributed by atoms with E-state index in [1.54, 1.807) is 32.1 Å². The molecule has 0 aromatic heterocycles. The summed E-state index contributed by atoms with van der Waals surface area (Å²) in [6.07, 6.45) is 1.62. The zero-order valence-electron chi connectivity index (χ0n) is 16.6. The van der Waals surface area contributed by atoms with Crippen LogP contribution in [0.5, 0.6) is 0 Å². The summed E-state index contributed by atoms with van der Waals surface area (Å²) in [5.41, 5.74) is 1.69. The second kappa shape index (κ2) is 9.94. The van der Waals surface area contributed by atoms with Crippen molar-refractivity contribution in [2.75, 3.05) is 24.6 Å². The lowest BCUT2D eigenvalue weighted by molar-refractivity contribution is -0.384. The number of hydrogen-bond donors (Lipinski definition) is 0. The lowest BCUT2D eigenvalue weighted by atomic mass is 10.1. The fourth-order valence-corrected chi connectivity index (χ4v) is 2.75. The molecule has 0 fully saturated rings. The van der Waals surface area contributed by atoms with Gasteiger partial charge in [0, 0.05) is 24.7 Å². The Balaban J connectivity index is 3.28. The lowest BCUT2D eigenvalue weighted by Crippen LogP contribution is -2.31. The number of rotatable bonds is 9. The van der Waals surface area contributed by atoms with Gasteiger partial charge in [-0.3, -0.25) is 10.1 Å². The van der Waals surface area contributed by atoms with Gasteiger partial charge in [0.05, 0.1) is 11.5 Å². The Morgan fingerprint density at radius 3 is 2.27 bits per heavy atom. The van der Waals surface area contributed by atoms with Crippen molar-refractivity contribution in [3.63, 3.8) is 0 Å². The van der Waals surface area contributed by atoms with Crippen LogP contribution < -0.4 is 4.90 Å². The molecule has 0 amide bonds. The monoisotopic (exact) mass is 362 g/mol. The second-order valence-electron chi connectivity index (χ2n) is 7.25. The number of benzene rings is 1. The molecule has 0 saturated heterocycles. The molecule has 0 heterocycles. The first-order valence-electron chi connectivity index (χ1n) is 9.04. The SMILES string of the molecule is CCOC(=O)/C(C)=C/c1ccc(N(CC(C)C)CC(C)C)c([N+](=O)[O-])c1. The number of nitro benzene ring substituents is 1. The first-order valence-corrected chi connectivity index (χ1v) is 9.04. The van der Waals surface area contributed by atoms with E-state index in [0.29, 0.717) is 35.3 Å². The first kappa shape index (κ1) is 21.7. The standard InChI is InChI=1S/C20H30N2O4/c1-7-26-20(23)16(6)10-17-8-9-18(19(11-17)22(24)25)21(12-14(2)3)13-15(4)5/h8-11,14-15H,7,12-13H2,1-6H3/b16-10+. The molecule has 6 nitrogen and oxygen atoms in total. The van der Waals surface area contributed by atoms with Crippen LogP contribution in [0.3, 0.4) is 0 Å². The quantitative estimate of drug-likeness (QED) is 0.276. The lowest BCUT2D eigenvalue weighted by Gasteiger charge is -2.28. The fourth-order valence-electron chi connectivity index (χ4n) is 2.75. The molecule has 6 heteroatoms. The van der Waals surface area contributed by atoms with Crippen molar-refractivity contribution in [3.8, 4) is 0 Å². The predicted molar refractivity (Wildman–Crippen MR) is 105 cm³/mol. The van der Waals surface area contributed by atoms with E-state index in [4.69, 9.17) is 4.74 Å². The Kier molecular flexibility index (Phi) is 8.29. The third kappa shape index (κ3) is 6.50. The summed E-state index contributed by atoms with van der Waals surface area (Å²) in [4.78, 5) is 25.1. The first-order chi connectivity index (χ1) is 12.1. The smallest absolute Gasteiger partial charge is 0.333 e. The van der Waals surface area contributed by atoms with Crippen molar-refractivity contribution < 1.29 is 14.5 Å². The summed E-state index contributed by atoms with van der Waals surface area (Å²) < 4.78 is 4.95. The van der Waals surface area contributed by atoms with E-state index in [1.807, 2.05) is 0 Å². The molecular weight excluding hydrogens is 332 g/mol. The van der Waals surface area contributed by atoms with Crippen molar-refractivity contribution in [1.82, 2.24) is 0 Å². The molecule has 0 unspecified atom stereocenters. The molecule has 0 bridgehead atoms. The summed E-state index contributed by atoms with van der Waals surface area (Å²) in [7, 11) is 0. The number of nitrogens with zero attached hydrogens (tertiary/aromatic N) is 2. The third-order valence-electron chi connectivity index (χ3n) is 3.69. The molecule has 1 aromatic carbocycles. The average molecular weight is 362 g/mol. The van der Waals surface area contributed by atoms with Crippen molar-refractivity contribution in [2.45, 2.75) is 41.5 Å². The topological polar surface area (TPSA) is 72.7 Å².